The van der Waals surface area contributed by atoms with Crippen molar-refractivity contribution in [3.05, 3.63) is 34.1 Å². The van der Waals surface area contributed by atoms with Gasteiger partial charge in [0.25, 0.3) is 0 Å². The second-order valence-corrected chi connectivity index (χ2v) is 6.22. The molecule has 3 unspecified atom stereocenters. The van der Waals surface area contributed by atoms with Gasteiger partial charge < -0.3 is 10.4 Å². The fourth-order valence-corrected chi connectivity index (χ4v) is 3.43. The van der Waals surface area contributed by atoms with E-state index in [1.807, 2.05) is 0 Å². The molecule has 2 rings (SSSR count). The van der Waals surface area contributed by atoms with E-state index in [0.717, 1.165) is 24.4 Å². The van der Waals surface area contributed by atoms with Crippen molar-refractivity contribution in [3.63, 3.8) is 0 Å². The van der Waals surface area contributed by atoms with Crippen molar-refractivity contribution in [2.45, 2.75) is 44.8 Å². The first-order valence-corrected chi connectivity index (χ1v) is 7.75. The second-order valence-electron chi connectivity index (χ2n) is 5.37. The highest BCUT2D eigenvalue weighted by atomic mass is 79.9. The molecule has 4 heteroatoms. The quantitative estimate of drug-likeness (QED) is 0.880. The summed E-state index contributed by atoms with van der Waals surface area (Å²) in [6, 6.07) is 4.81. The third kappa shape index (κ3) is 4.01. The lowest BCUT2D eigenvalue weighted by molar-refractivity contribution is 0.135. The van der Waals surface area contributed by atoms with Gasteiger partial charge in [-0.25, -0.2) is 4.39 Å². The van der Waals surface area contributed by atoms with Gasteiger partial charge in [-0.1, -0.05) is 35.3 Å². The van der Waals surface area contributed by atoms with Gasteiger partial charge in [0.15, 0.2) is 0 Å². The lowest BCUT2D eigenvalue weighted by Gasteiger charge is -2.31. The number of rotatable bonds is 4. The molecule has 1 fully saturated rings. The lowest BCUT2D eigenvalue weighted by atomic mass is 9.87. The molecule has 3 atom stereocenters. The minimum Gasteiger partial charge on any atom is -0.388 e. The molecular formula is C15H21BrFNO. The number of aliphatic hydroxyl groups is 1. The molecule has 0 saturated carbocycles. The molecule has 1 aliphatic heterocycles. The molecule has 2 N–H and O–H groups in total. The Hall–Kier alpha value is -0.450. The minimum absolute atomic E-state index is 0.287. The topological polar surface area (TPSA) is 32.3 Å². The van der Waals surface area contributed by atoms with Crippen LogP contribution in [-0.2, 0) is 0 Å². The Morgan fingerprint density at radius 1 is 1.53 bits per heavy atom. The Balaban J connectivity index is 1.98. The Morgan fingerprint density at radius 3 is 3.00 bits per heavy atom. The van der Waals surface area contributed by atoms with Gasteiger partial charge in [-0.15, -0.1) is 0 Å². The van der Waals surface area contributed by atoms with Crippen molar-refractivity contribution < 1.29 is 9.50 Å². The monoisotopic (exact) mass is 329 g/mol. The third-order valence-corrected chi connectivity index (χ3v) is 4.70. The second kappa shape index (κ2) is 6.82. The maximum Gasteiger partial charge on any atom is 0.124 e. The average Bonchev–Trinajstić information content (AvgIpc) is 2.38. The van der Waals surface area contributed by atoms with Crippen molar-refractivity contribution in [3.8, 4) is 0 Å². The van der Waals surface area contributed by atoms with Crippen molar-refractivity contribution >= 4 is 15.9 Å². The Bertz CT molecular complexity index is 427. The zero-order valence-corrected chi connectivity index (χ0v) is 12.8. The predicted molar refractivity (Wildman–Crippen MR) is 78.5 cm³/mol. The number of hydrogen-bond acceptors (Lipinski definition) is 2. The molecule has 106 valence electrons. The summed E-state index contributed by atoms with van der Waals surface area (Å²) in [5, 5.41) is 13.8. The normalized spacial score (nSPS) is 25.3. The van der Waals surface area contributed by atoms with Gasteiger partial charge in [-0.3, -0.25) is 0 Å². The molecule has 0 bridgehead atoms. The highest BCUT2D eigenvalue weighted by Gasteiger charge is 2.23. The summed E-state index contributed by atoms with van der Waals surface area (Å²) in [5.41, 5.74) is 0.766. The largest absolute Gasteiger partial charge is 0.388 e. The van der Waals surface area contributed by atoms with Gasteiger partial charge in [-0.05, 0) is 49.4 Å². The van der Waals surface area contributed by atoms with E-state index in [1.54, 1.807) is 6.07 Å². The molecule has 0 spiro atoms. The number of halogens is 2. The van der Waals surface area contributed by atoms with Crippen LogP contribution in [0, 0.1) is 11.7 Å². The number of aliphatic hydroxyl groups excluding tert-OH is 1. The van der Waals surface area contributed by atoms with Gasteiger partial charge in [0.1, 0.15) is 5.82 Å². The first kappa shape index (κ1) is 14.9. The molecule has 1 aliphatic rings. The maximum atomic E-state index is 13.0. The molecule has 2 nitrogen and oxygen atoms in total. The van der Waals surface area contributed by atoms with Crippen LogP contribution < -0.4 is 5.32 Å². The summed E-state index contributed by atoms with van der Waals surface area (Å²) in [6.45, 7) is 3.25. The molecule has 0 aromatic heterocycles. The molecule has 0 radical (unpaired) electrons. The molecule has 0 amide bonds. The van der Waals surface area contributed by atoms with Gasteiger partial charge in [0.2, 0.25) is 0 Å². The maximum absolute atomic E-state index is 13.0. The van der Waals surface area contributed by atoms with Crippen LogP contribution in [0.2, 0.25) is 0 Å². The smallest absolute Gasteiger partial charge is 0.124 e. The van der Waals surface area contributed by atoms with E-state index in [4.69, 9.17) is 0 Å². The van der Waals surface area contributed by atoms with Crippen LogP contribution in [0.5, 0.6) is 0 Å². The number of nitrogens with one attached hydrogen (secondary N) is 1. The van der Waals surface area contributed by atoms with Crippen LogP contribution in [0.15, 0.2) is 22.7 Å². The first-order chi connectivity index (χ1) is 9.10. The van der Waals surface area contributed by atoms with Crippen molar-refractivity contribution in [1.82, 2.24) is 5.32 Å². The molecule has 1 saturated heterocycles. The highest BCUT2D eigenvalue weighted by molar-refractivity contribution is 9.10. The minimum atomic E-state index is -0.553. The molecule has 0 aliphatic carbocycles. The summed E-state index contributed by atoms with van der Waals surface area (Å²) >= 11 is 3.32. The van der Waals surface area contributed by atoms with Gasteiger partial charge >= 0.3 is 0 Å². The van der Waals surface area contributed by atoms with Crippen LogP contribution in [0.1, 0.15) is 44.3 Å². The Kier molecular flexibility index (Phi) is 5.37. The SMILES string of the molecule is CCC1CCNC(CC(O)c2ccc(F)cc2Br)C1. The van der Waals surface area contributed by atoms with Crippen LogP contribution >= 0.6 is 15.9 Å². The first-order valence-electron chi connectivity index (χ1n) is 6.96. The van der Waals surface area contributed by atoms with E-state index in [-0.39, 0.29) is 5.82 Å². The summed E-state index contributed by atoms with van der Waals surface area (Å²) in [6.07, 6.45) is 3.67. The van der Waals surface area contributed by atoms with Crippen LogP contribution in [0.3, 0.4) is 0 Å². The predicted octanol–water partition coefficient (Wildman–Crippen LogP) is 3.79. The number of piperidine rings is 1. The molecule has 1 aromatic rings. The third-order valence-electron chi connectivity index (χ3n) is 4.01. The highest BCUT2D eigenvalue weighted by Crippen LogP contribution is 2.30. The average molecular weight is 330 g/mol. The fourth-order valence-electron chi connectivity index (χ4n) is 2.81. The summed E-state index contributed by atoms with van der Waals surface area (Å²) < 4.78 is 13.7. The number of hydrogen-bond donors (Lipinski definition) is 2. The summed E-state index contributed by atoms with van der Waals surface area (Å²) in [7, 11) is 0. The van der Waals surface area contributed by atoms with E-state index in [9.17, 15) is 9.50 Å². The van der Waals surface area contributed by atoms with Crippen molar-refractivity contribution in [2.75, 3.05) is 6.54 Å². The van der Waals surface area contributed by atoms with Crippen LogP contribution in [0.25, 0.3) is 0 Å². The zero-order chi connectivity index (χ0) is 13.8. The van der Waals surface area contributed by atoms with E-state index < -0.39 is 6.10 Å². The molecular weight excluding hydrogens is 309 g/mol. The van der Waals surface area contributed by atoms with E-state index in [0.29, 0.717) is 16.9 Å². The number of benzene rings is 1. The molecule has 1 heterocycles. The Morgan fingerprint density at radius 2 is 2.32 bits per heavy atom. The van der Waals surface area contributed by atoms with Crippen molar-refractivity contribution in [2.24, 2.45) is 5.92 Å². The molecule has 19 heavy (non-hydrogen) atoms. The van der Waals surface area contributed by atoms with Gasteiger partial charge in [0, 0.05) is 10.5 Å². The van der Waals surface area contributed by atoms with E-state index in [2.05, 4.69) is 28.2 Å². The molecule has 1 aromatic carbocycles. The zero-order valence-electron chi connectivity index (χ0n) is 11.2. The van der Waals surface area contributed by atoms with Crippen LogP contribution in [0.4, 0.5) is 4.39 Å². The summed E-state index contributed by atoms with van der Waals surface area (Å²) in [5.74, 6) is 0.472. The van der Waals surface area contributed by atoms with Crippen LogP contribution in [-0.4, -0.2) is 17.7 Å². The van der Waals surface area contributed by atoms with Gasteiger partial charge in [0.05, 0.1) is 6.10 Å². The van der Waals surface area contributed by atoms with E-state index in [1.165, 1.54) is 25.0 Å². The summed E-state index contributed by atoms with van der Waals surface area (Å²) in [4.78, 5) is 0. The fraction of sp³-hybridized carbons (Fsp3) is 0.600. The van der Waals surface area contributed by atoms with Gasteiger partial charge in [-0.2, -0.15) is 0 Å². The lowest BCUT2D eigenvalue weighted by Crippen LogP contribution is -2.38. The standard InChI is InChI=1S/C15H21BrFNO/c1-2-10-5-6-18-12(7-10)9-15(19)13-4-3-11(17)8-14(13)16/h3-4,8,10,12,15,18-19H,2,5-7,9H2,1H3. The Labute approximate surface area is 122 Å². The van der Waals surface area contributed by atoms with Crippen molar-refractivity contribution in [1.29, 1.82) is 0 Å². The van der Waals surface area contributed by atoms with E-state index >= 15 is 0 Å².